The molecule has 0 aromatic carbocycles. The third kappa shape index (κ3) is 5.26. The number of hydrogen-bond acceptors (Lipinski definition) is 4. The highest BCUT2D eigenvalue weighted by atomic mass is 32.1. The number of nitrogens with zero attached hydrogens (tertiary/aromatic N) is 2. The van der Waals surface area contributed by atoms with Crippen LogP contribution in [0.15, 0.2) is 11.4 Å². The second-order valence-corrected chi connectivity index (χ2v) is 6.36. The minimum Gasteiger partial charge on any atom is -0.395 e. The minimum absolute atomic E-state index is 0.142. The molecule has 0 unspecified atom stereocenters. The van der Waals surface area contributed by atoms with Crippen molar-refractivity contribution in [3.05, 3.63) is 21.9 Å². The fourth-order valence-electron chi connectivity index (χ4n) is 2.41. The lowest BCUT2D eigenvalue weighted by Crippen LogP contribution is -2.30. The van der Waals surface area contributed by atoms with E-state index < -0.39 is 0 Å². The van der Waals surface area contributed by atoms with Crippen LogP contribution in [0.5, 0.6) is 0 Å². The molecule has 20 heavy (non-hydrogen) atoms. The van der Waals surface area contributed by atoms with E-state index in [1.165, 1.54) is 37.4 Å². The van der Waals surface area contributed by atoms with Gasteiger partial charge in [-0.2, -0.15) is 0 Å². The van der Waals surface area contributed by atoms with Crippen molar-refractivity contribution in [3.8, 4) is 11.8 Å². The van der Waals surface area contributed by atoms with Gasteiger partial charge in [0.15, 0.2) is 0 Å². The van der Waals surface area contributed by atoms with Crippen LogP contribution >= 0.6 is 11.3 Å². The number of hydrogen-bond donors (Lipinski definition) is 1. The molecule has 2 heterocycles. The summed E-state index contributed by atoms with van der Waals surface area (Å²) in [5, 5.41) is 10.8. The van der Waals surface area contributed by atoms with Crippen molar-refractivity contribution in [1.29, 1.82) is 0 Å². The van der Waals surface area contributed by atoms with Crippen LogP contribution in [0.25, 0.3) is 0 Å². The van der Waals surface area contributed by atoms with Crippen LogP contribution in [0.2, 0.25) is 0 Å². The molecule has 0 aliphatic carbocycles. The van der Waals surface area contributed by atoms with Gasteiger partial charge in [0, 0.05) is 41.9 Å². The van der Waals surface area contributed by atoms with Gasteiger partial charge in [-0.05, 0) is 39.0 Å². The van der Waals surface area contributed by atoms with Gasteiger partial charge in [-0.3, -0.25) is 0 Å². The zero-order valence-electron chi connectivity index (χ0n) is 12.3. The summed E-state index contributed by atoms with van der Waals surface area (Å²) in [6.45, 7) is 6.01. The Hall–Kier alpha value is -0.860. The first-order chi connectivity index (χ1) is 9.78. The fraction of sp³-hybridized carbons (Fsp3) is 0.625. The van der Waals surface area contributed by atoms with Gasteiger partial charge in [0.05, 0.1) is 6.61 Å². The van der Waals surface area contributed by atoms with E-state index in [1.54, 1.807) is 11.3 Å². The Labute approximate surface area is 126 Å². The number of likely N-dealkylation sites (N-methyl/N-ethyl adjacent to an activating group) is 1. The Bertz CT molecular complexity index is 455. The molecule has 3 nitrogen and oxygen atoms in total. The number of thiophene rings is 1. The molecule has 110 valence electrons. The number of rotatable bonds is 6. The van der Waals surface area contributed by atoms with Gasteiger partial charge in [-0.25, -0.2) is 0 Å². The predicted octanol–water partition coefficient (Wildman–Crippen LogP) is 2.01. The first-order valence-electron chi connectivity index (χ1n) is 7.36. The van der Waals surface area contributed by atoms with Crippen molar-refractivity contribution >= 4 is 11.3 Å². The maximum Gasteiger partial charge on any atom is 0.0540 e. The summed E-state index contributed by atoms with van der Waals surface area (Å²) >= 11 is 1.77. The monoisotopic (exact) mass is 292 g/mol. The van der Waals surface area contributed by atoms with Crippen LogP contribution in [0, 0.1) is 11.8 Å². The Morgan fingerprint density at radius 2 is 2.20 bits per heavy atom. The summed E-state index contributed by atoms with van der Waals surface area (Å²) < 4.78 is 0. The van der Waals surface area contributed by atoms with E-state index >= 15 is 0 Å². The van der Waals surface area contributed by atoms with Gasteiger partial charge >= 0.3 is 0 Å². The lowest BCUT2D eigenvalue weighted by Gasteiger charge is -2.20. The predicted molar refractivity (Wildman–Crippen MR) is 84.9 cm³/mol. The van der Waals surface area contributed by atoms with Crippen molar-refractivity contribution in [2.24, 2.45) is 0 Å². The minimum atomic E-state index is 0.142. The molecule has 0 bridgehead atoms. The maximum absolute atomic E-state index is 8.71. The number of aliphatic hydroxyl groups excluding tert-OH is 1. The summed E-state index contributed by atoms with van der Waals surface area (Å²) in [5.41, 5.74) is 1.08. The summed E-state index contributed by atoms with van der Waals surface area (Å²) in [5.74, 6) is 6.06. The van der Waals surface area contributed by atoms with E-state index in [-0.39, 0.29) is 6.61 Å². The van der Waals surface area contributed by atoms with Gasteiger partial charge in [0.1, 0.15) is 0 Å². The molecule has 1 N–H and O–H groups in total. The molecule has 1 aromatic rings. The molecule has 1 saturated heterocycles. The molecule has 0 radical (unpaired) electrons. The Morgan fingerprint density at radius 1 is 1.40 bits per heavy atom. The topological polar surface area (TPSA) is 26.7 Å². The molecule has 0 amide bonds. The molecule has 0 atom stereocenters. The largest absolute Gasteiger partial charge is 0.395 e. The van der Waals surface area contributed by atoms with E-state index in [0.29, 0.717) is 6.42 Å². The van der Waals surface area contributed by atoms with E-state index in [0.717, 1.165) is 18.7 Å². The second kappa shape index (κ2) is 8.43. The highest BCUT2D eigenvalue weighted by Gasteiger charge is 2.12. The quantitative estimate of drug-likeness (QED) is 0.813. The zero-order chi connectivity index (χ0) is 14.2. The zero-order valence-corrected chi connectivity index (χ0v) is 13.1. The van der Waals surface area contributed by atoms with Gasteiger partial charge in [-0.1, -0.05) is 11.8 Å². The van der Waals surface area contributed by atoms with E-state index in [1.807, 2.05) is 0 Å². The van der Waals surface area contributed by atoms with Gasteiger partial charge in [0.25, 0.3) is 0 Å². The van der Waals surface area contributed by atoms with Crippen molar-refractivity contribution in [1.82, 2.24) is 9.80 Å². The first-order valence-corrected chi connectivity index (χ1v) is 8.24. The average molecular weight is 292 g/mol. The molecule has 2 rings (SSSR count). The van der Waals surface area contributed by atoms with Crippen molar-refractivity contribution < 1.29 is 5.11 Å². The van der Waals surface area contributed by atoms with E-state index in [9.17, 15) is 0 Å². The number of likely N-dealkylation sites (tertiary alicyclic amines) is 1. The van der Waals surface area contributed by atoms with Crippen LogP contribution in [0.1, 0.15) is 29.7 Å². The summed E-state index contributed by atoms with van der Waals surface area (Å²) in [6, 6.07) is 2.17. The molecular formula is C16H24N2OS. The molecular weight excluding hydrogens is 268 g/mol. The fourth-order valence-corrected chi connectivity index (χ4v) is 3.31. The smallest absolute Gasteiger partial charge is 0.0540 e. The lowest BCUT2D eigenvalue weighted by molar-refractivity contribution is 0.253. The lowest BCUT2D eigenvalue weighted by atomic mass is 10.3. The van der Waals surface area contributed by atoms with E-state index in [2.05, 4.69) is 40.1 Å². The van der Waals surface area contributed by atoms with Gasteiger partial charge < -0.3 is 14.9 Å². The Kier molecular flexibility index (Phi) is 6.55. The summed E-state index contributed by atoms with van der Waals surface area (Å²) in [7, 11) is 2.19. The van der Waals surface area contributed by atoms with Crippen molar-refractivity contribution in [2.45, 2.75) is 25.8 Å². The van der Waals surface area contributed by atoms with Crippen LogP contribution in [-0.2, 0) is 6.54 Å². The van der Waals surface area contributed by atoms with Gasteiger partial charge in [0.2, 0.25) is 0 Å². The molecule has 0 spiro atoms. The molecule has 1 fully saturated rings. The SMILES string of the molecule is CN(CCN1CCCC1)Cc1cc(C#CCCO)cs1. The molecule has 1 aliphatic rings. The highest BCUT2D eigenvalue weighted by molar-refractivity contribution is 7.10. The molecule has 0 saturated carbocycles. The third-order valence-electron chi connectivity index (χ3n) is 3.55. The average Bonchev–Trinajstić information content (AvgIpc) is 3.08. The first kappa shape index (κ1) is 15.5. The van der Waals surface area contributed by atoms with Gasteiger partial charge in [-0.15, -0.1) is 11.3 Å². The Morgan fingerprint density at radius 3 is 2.95 bits per heavy atom. The van der Waals surface area contributed by atoms with Crippen LogP contribution in [-0.4, -0.2) is 54.7 Å². The number of aliphatic hydroxyl groups is 1. The third-order valence-corrected chi connectivity index (χ3v) is 4.47. The van der Waals surface area contributed by atoms with Crippen LogP contribution in [0.3, 0.4) is 0 Å². The second-order valence-electron chi connectivity index (χ2n) is 5.36. The molecule has 1 aliphatic heterocycles. The summed E-state index contributed by atoms with van der Waals surface area (Å²) in [6.07, 6.45) is 3.29. The maximum atomic E-state index is 8.71. The normalized spacial score (nSPS) is 15.6. The standard InChI is InChI=1S/C16H24N2OS/c1-17(9-10-18-7-3-4-8-18)13-16-12-15(14-20-16)6-2-5-11-19/h12,14,19H,3-5,7-11,13H2,1H3. The van der Waals surface area contributed by atoms with Crippen LogP contribution < -0.4 is 0 Å². The molecule has 4 heteroatoms. The Balaban J connectivity index is 1.73. The highest BCUT2D eigenvalue weighted by Crippen LogP contribution is 2.16. The molecule has 1 aromatic heterocycles. The van der Waals surface area contributed by atoms with E-state index in [4.69, 9.17) is 5.11 Å². The van der Waals surface area contributed by atoms with Crippen molar-refractivity contribution in [2.75, 3.05) is 39.8 Å². The van der Waals surface area contributed by atoms with Crippen molar-refractivity contribution in [3.63, 3.8) is 0 Å². The van der Waals surface area contributed by atoms with Crippen LogP contribution in [0.4, 0.5) is 0 Å². The summed E-state index contributed by atoms with van der Waals surface area (Å²) in [4.78, 5) is 6.30.